The number of benzene rings is 3. The molecule has 11 heteroatoms. The van der Waals surface area contributed by atoms with Crippen molar-refractivity contribution in [2.75, 3.05) is 6.61 Å². The summed E-state index contributed by atoms with van der Waals surface area (Å²) in [6.07, 6.45) is -3.37. The van der Waals surface area contributed by atoms with Gasteiger partial charge in [-0.3, -0.25) is 0 Å². The van der Waals surface area contributed by atoms with Crippen molar-refractivity contribution in [2.24, 2.45) is 0 Å². The number of ether oxygens (including phenoxy) is 2. The maximum Gasteiger partial charge on any atom is 0.573 e. The molecule has 1 saturated heterocycles. The fourth-order valence-corrected chi connectivity index (χ4v) is 6.67. The molecule has 0 amide bonds. The number of hydrogen-bond donors (Lipinski definition) is 2. The Labute approximate surface area is 217 Å². The van der Waals surface area contributed by atoms with Crippen LogP contribution < -0.4 is 9.46 Å². The Hall–Kier alpha value is -3.02. The molecule has 3 atom stereocenters. The first-order chi connectivity index (χ1) is 18.0. The van der Waals surface area contributed by atoms with E-state index in [-0.39, 0.29) is 22.4 Å². The molecule has 0 spiro atoms. The Bertz CT molecular complexity index is 1370. The molecule has 5 rings (SSSR count). The van der Waals surface area contributed by atoms with Crippen LogP contribution >= 0.6 is 0 Å². The quantitative estimate of drug-likeness (QED) is 0.368. The largest absolute Gasteiger partial charge is 0.573 e. The average molecular weight is 553 g/mol. The van der Waals surface area contributed by atoms with Crippen molar-refractivity contribution in [3.8, 4) is 5.75 Å². The third kappa shape index (κ3) is 5.84. The van der Waals surface area contributed by atoms with E-state index in [2.05, 4.69) is 9.46 Å². The van der Waals surface area contributed by atoms with Crippen molar-refractivity contribution in [3.63, 3.8) is 0 Å². The van der Waals surface area contributed by atoms with Crippen LogP contribution in [-0.2, 0) is 27.5 Å². The molecule has 0 saturated carbocycles. The first-order valence-corrected chi connectivity index (χ1v) is 13.6. The highest BCUT2D eigenvalue weighted by Crippen LogP contribution is 2.41. The van der Waals surface area contributed by atoms with E-state index in [9.17, 15) is 26.2 Å². The smallest absolute Gasteiger partial charge is 0.406 e. The van der Waals surface area contributed by atoms with E-state index < -0.39 is 34.2 Å². The third-order valence-corrected chi connectivity index (χ3v) is 8.55. The summed E-state index contributed by atoms with van der Waals surface area (Å²) in [6, 6.07) is 13.2. The van der Waals surface area contributed by atoms with Gasteiger partial charge in [-0.1, -0.05) is 12.1 Å². The van der Waals surface area contributed by atoms with Gasteiger partial charge in [-0.05, 0) is 96.5 Å². The van der Waals surface area contributed by atoms with Gasteiger partial charge in [0.25, 0.3) is 0 Å². The molecule has 3 aromatic rings. The molecule has 1 heterocycles. The van der Waals surface area contributed by atoms with E-state index in [1.165, 1.54) is 36.4 Å². The van der Waals surface area contributed by atoms with Gasteiger partial charge in [0.1, 0.15) is 27.3 Å². The van der Waals surface area contributed by atoms with Gasteiger partial charge in [-0.15, -0.1) is 13.2 Å². The van der Waals surface area contributed by atoms with Crippen LogP contribution in [0.15, 0.2) is 65.6 Å². The Balaban J connectivity index is 1.39. The second kappa shape index (κ2) is 10.3. The highest BCUT2D eigenvalue weighted by Gasteiger charge is 2.36. The van der Waals surface area contributed by atoms with Crippen LogP contribution in [0.4, 0.5) is 22.0 Å². The highest BCUT2D eigenvalue weighted by molar-refractivity contribution is 7.90. The number of fused-ring (bicyclic) bond motifs is 2. The van der Waals surface area contributed by atoms with Crippen LogP contribution in [0.1, 0.15) is 41.0 Å². The summed E-state index contributed by atoms with van der Waals surface area (Å²) in [5, 5.41) is 0. The van der Waals surface area contributed by atoms with Gasteiger partial charge >= 0.3 is 6.36 Å². The molecule has 38 heavy (non-hydrogen) atoms. The van der Waals surface area contributed by atoms with Crippen molar-refractivity contribution < 1.29 is 35.6 Å². The number of hydrogen-bond acceptors (Lipinski definition) is 4. The van der Waals surface area contributed by atoms with Gasteiger partial charge in [-0.25, -0.2) is 22.5 Å². The summed E-state index contributed by atoms with van der Waals surface area (Å²) >= 11 is 0. The van der Waals surface area contributed by atoms with Crippen molar-refractivity contribution >= 4 is 9.92 Å². The van der Waals surface area contributed by atoms with E-state index in [0.717, 1.165) is 34.4 Å². The first-order valence-electron chi connectivity index (χ1n) is 12.1. The molecule has 202 valence electrons. The molecule has 2 N–H and O–H groups in total. The Morgan fingerprint density at radius 2 is 1.50 bits per heavy atom. The number of halogens is 5. The molecule has 1 aliphatic carbocycles. The Morgan fingerprint density at radius 3 is 2.05 bits per heavy atom. The summed E-state index contributed by atoms with van der Waals surface area (Å²) < 4.78 is 100. The normalized spacial score (nSPS) is 21.6. The van der Waals surface area contributed by atoms with E-state index in [0.29, 0.717) is 32.3 Å². The summed E-state index contributed by atoms with van der Waals surface area (Å²) in [5.41, 5.74) is 3.40. The molecular weight excluding hydrogens is 527 g/mol. The average Bonchev–Trinajstić information content (AvgIpc) is 2.99. The maximum absolute atomic E-state index is 14.1. The molecule has 0 aromatic heterocycles. The Kier molecular flexibility index (Phi) is 7.19. The minimum Gasteiger partial charge on any atom is -0.406 e. The number of rotatable bonds is 5. The minimum absolute atomic E-state index is 0.0196. The second-order valence-electron chi connectivity index (χ2n) is 9.49. The van der Waals surface area contributed by atoms with Crippen LogP contribution in [0, 0.1) is 16.4 Å². The number of nitrogens with one attached hydrogen (secondary N) is 2. The molecule has 1 fully saturated rings. The van der Waals surface area contributed by atoms with Crippen LogP contribution in [0.5, 0.6) is 5.75 Å². The fraction of sp³-hybridized carbons (Fsp3) is 0.333. The molecule has 3 unspecified atom stereocenters. The molecule has 0 radical (unpaired) electrons. The first kappa shape index (κ1) is 26.6. The van der Waals surface area contributed by atoms with Gasteiger partial charge in [0.15, 0.2) is 0 Å². The summed E-state index contributed by atoms with van der Waals surface area (Å²) in [6.45, 7) is 0.305. The van der Waals surface area contributed by atoms with E-state index in [1.807, 2.05) is 0 Å². The lowest BCUT2D eigenvalue weighted by Gasteiger charge is -2.36. The molecule has 1 aliphatic heterocycles. The SMILES string of the molecule is N=S(=O)(NC1CCOC(C2c3ccc(F)cc3CCc3cc(F)ccc32)C1)c1ccc(OC(F)(F)F)cc1. The summed E-state index contributed by atoms with van der Waals surface area (Å²) in [5.74, 6) is -1.51. The molecule has 2 aliphatic rings. The second-order valence-corrected chi connectivity index (χ2v) is 11.3. The van der Waals surface area contributed by atoms with Crippen LogP contribution in [0.2, 0.25) is 0 Å². The molecule has 5 nitrogen and oxygen atoms in total. The van der Waals surface area contributed by atoms with Gasteiger partial charge < -0.3 is 9.47 Å². The van der Waals surface area contributed by atoms with Crippen molar-refractivity contribution in [2.45, 2.75) is 55.0 Å². The van der Waals surface area contributed by atoms with Crippen LogP contribution in [-0.4, -0.2) is 29.3 Å². The van der Waals surface area contributed by atoms with E-state index in [4.69, 9.17) is 9.52 Å². The molecular formula is C27H25F5N2O3S. The lowest BCUT2D eigenvalue weighted by atomic mass is 9.80. The molecule has 3 aromatic carbocycles. The van der Waals surface area contributed by atoms with E-state index >= 15 is 0 Å². The number of alkyl halides is 3. The van der Waals surface area contributed by atoms with E-state index in [1.54, 1.807) is 12.1 Å². The van der Waals surface area contributed by atoms with Crippen LogP contribution in [0.3, 0.4) is 0 Å². The third-order valence-electron chi connectivity index (χ3n) is 6.95. The zero-order valence-corrected chi connectivity index (χ0v) is 20.9. The monoisotopic (exact) mass is 552 g/mol. The predicted octanol–water partition coefficient (Wildman–Crippen LogP) is 6.25. The highest BCUT2D eigenvalue weighted by atomic mass is 32.2. The van der Waals surface area contributed by atoms with Crippen LogP contribution in [0.25, 0.3) is 0 Å². The lowest BCUT2D eigenvalue weighted by Crippen LogP contribution is -2.43. The standard InChI is InChI=1S/C27H25F5N2O3S/c28-18-3-9-23-16(13-18)1-2-17-14-19(29)4-10-24(17)26(23)25-15-20(11-12-36-25)34-38(33,35)22-7-5-21(6-8-22)37-27(30,31)32/h3-10,13-14,20,25-26H,1-2,11-12,15H2,(H2,33,34,35). The Morgan fingerprint density at radius 1 is 0.921 bits per heavy atom. The zero-order chi connectivity index (χ0) is 27.1. The van der Waals surface area contributed by atoms with Crippen molar-refractivity contribution in [1.82, 2.24) is 4.72 Å². The summed E-state index contributed by atoms with van der Waals surface area (Å²) in [7, 11) is -3.56. The van der Waals surface area contributed by atoms with Crippen molar-refractivity contribution in [3.05, 3.63) is 94.6 Å². The molecule has 0 bridgehead atoms. The minimum atomic E-state index is -4.86. The van der Waals surface area contributed by atoms with Crippen molar-refractivity contribution in [1.29, 1.82) is 4.78 Å². The summed E-state index contributed by atoms with van der Waals surface area (Å²) in [4.78, 5) is 0.0196. The predicted molar refractivity (Wildman–Crippen MR) is 130 cm³/mol. The fourth-order valence-electron chi connectivity index (χ4n) is 5.33. The lowest BCUT2D eigenvalue weighted by molar-refractivity contribution is -0.274. The van der Waals surface area contributed by atoms with Gasteiger partial charge in [0, 0.05) is 18.6 Å². The number of aryl methyl sites for hydroxylation is 2. The van der Waals surface area contributed by atoms with Gasteiger partial charge in [0.2, 0.25) is 0 Å². The van der Waals surface area contributed by atoms with Gasteiger partial charge in [0.05, 0.1) is 11.0 Å². The van der Waals surface area contributed by atoms with Gasteiger partial charge in [-0.2, -0.15) is 0 Å². The zero-order valence-electron chi connectivity index (χ0n) is 20.1. The maximum atomic E-state index is 14.1. The topological polar surface area (TPSA) is 71.4 Å².